The molecule has 0 saturated carbocycles. The summed E-state index contributed by atoms with van der Waals surface area (Å²) in [6.07, 6.45) is 1.52. The molecule has 0 bridgehead atoms. The Labute approximate surface area is 124 Å². The standard InChI is InChI=1S/C12H18ClN3O3S/c1-3-16(4-2)11(17)7-9-15-20(18,19)10-6-5-8-14-12(10)13/h5-6,8,15H,3-4,7,9H2,1-2H3. The Balaban J connectivity index is 2.62. The van der Waals surface area contributed by atoms with Crippen LogP contribution in [0, 0.1) is 0 Å². The van der Waals surface area contributed by atoms with E-state index < -0.39 is 10.0 Å². The second-order valence-electron chi connectivity index (χ2n) is 4.01. The van der Waals surface area contributed by atoms with E-state index in [1.165, 1.54) is 18.3 Å². The van der Waals surface area contributed by atoms with Crippen LogP contribution in [0.2, 0.25) is 5.15 Å². The highest BCUT2D eigenvalue weighted by Crippen LogP contribution is 2.17. The third-order valence-corrected chi connectivity index (χ3v) is 4.67. The molecule has 1 aromatic rings. The van der Waals surface area contributed by atoms with Gasteiger partial charge in [0.15, 0.2) is 0 Å². The molecule has 112 valence electrons. The van der Waals surface area contributed by atoms with Crippen molar-refractivity contribution < 1.29 is 13.2 Å². The zero-order valence-corrected chi connectivity index (χ0v) is 13.0. The van der Waals surface area contributed by atoms with Gasteiger partial charge in [0.25, 0.3) is 0 Å². The Morgan fingerprint density at radius 1 is 1.40 bits per heavy atom. The Kier molecular flexibility index (Phi) is 6.38. The second-order valence-corrected chi connectivity index (χ2v) is 6.10. The van der Waals surface area contributed by atoms with Crippen molar-refractivity contribution in [1.29, 1.82) is 0 Å². The Morgan fingerprint density at radius 2 is 2.05 bits per heavy atom. The van der Waals surface area contributed by atoms with Crippen LogP contribution >= 0.6 is 11.6 Å². The predicted octanol–water partition coefficient (Wildman–Crippen LogP) is 1.27. The molecule has 1 amide bonds. The van der Waals surface area contributed by atoms with Crippen LogP contribution in [0.1, 0.15) is 20.3 Å². The molecule has 0 radical (unpaired) electrons. The van der Waals surface area contributed by atoms with Gasteiger partial charge in [0.2, 0.25) is 15.9 Å². The van der Waals surface area contributed by atoms with Gasteiger partial charge in [0.05, 0.1) is 0 Å². The highest BCUT2D eigenvalue weighted by atomic mass is 35.5. The van der Waals surface area contributed by atoms with E-state index >= 15 is 0 Å². The molecule has 8 heteroatoms. The van der Waals surface area contributed by atoms with E-state index in [9.17, 15) is 13.2 Å². The lowest BCUT2D eigenvalue weighted by Crippen LogP contribution is -2.34. The van der Waals surface area contributed by atoms with Crippen molar-refractivity contribution in [2.75, 3.05) is 19.6 Å². The maximum absolute atomic E-state index is 12.0. The number of amides is 1. The van der Waals surface area contributed by atoms with Crippen LogP contribution in [0.4, 0.5) is 0 Å². The molecule has 0 aliphatic heterocycles. The summed E-state index contributed by atoms with van der Waals surface area (Å²) in [6.45, 7) is 5.00. The minimum atomic E-state index is -3.74. The van der Waals surface area contributed by atoms with Crippen LogP contribution in [-0.2, 0) is 14.8 Å². The third-order valence-electron chi connectivity index (χ3n) is 2.76. The zero-order chi connectivity index (χ0) is 15.2. The van der Waals surface area contributed by atoms with Gasteiger partial charge in [-0.15, -0.1) is 0 Å². The average molecular weight is 320 g/mol. The number of pyridine rings is 1. The third kappa shape index (κ3) is 4.43. The van der Waals surface area contributed by atoms with Gasteiger partial charge >= 0.3 is 0 Å². The summed E-state index contributed by atoms with van der Waals surface area (Å²) in [7, 11) is -3.74. The van der Waals surface area contributed by atoms with Gasteiger partial charge in [-0.05, 0) is 26.0 Å². The summed E-state index contributed by atoms with van der Waals surface area (Å²) in [4.78, 5) is 17.0. The normalized spacial score (nSPS) is 11.3. The van der Waals surface area contributed by atoms with Gasteiger partial charge in [-0.2, -0.15) is 0 Å². The largest absolute Gasteiger partial charge is 0.343 e. The first-order valence-electron chi connectivity index (χ1n) is 6.30. The number of hydrogen-bond donors (Lipinski definition) is 1. The van der Waals surface area contributed by atoms with Crippen LogP contribution in [0.25, 0.3) is 0 Å². The maximum atomic E-state index is 12.0. The number of halogens is 1. The maximum Gasteiger partial charge on any atom is 0.243 e. The van der Waals surface area contributed by atoms with E-state index in [0.717, 1.165) is 0 Å². The molecule has 0 unspecified atom stereocenters. The fourth-order valence-corrected chi connectivity index (χ4v) is 3.16. The molecule has 1 rings (SSSR count). The van der Waals surface area contributed by atoms with Crippen LogP contribution in [0.5, 0.6) is 0 Å². The Hall–Kier alpha value is -1.18. The van der Waals surface area contributed by atoms with Crippen molar-refractivity contribution in [3.05, 3.63) is 23.5 Å². The average Bonchev–Trinajstić information content (AvgIpc) is 2.40. The molecule has 6 nitrogen and oxygen atoms in total. The van der Waals surface area contributed by atoms with Crippen LogP contribution < -0.4 is 4.72 Å². The summed E-state index contributed by atoms with van der Waals surface area (Å²) < 4.78 is 26.3. The number of rotatable bonds is 7. The first-order chi connectivity index (χ1) is 9.42. The lowest BCUT2D eigenvalue weighted by atomic mass is 10.3. The number of nitrogens with zero attached hydrogens (tertiary/aromatic N) is 2. The van der Waals surface area contributed by atoms with Crippen LogP contribution in [0.15, 0.2) is 23.2 Å². The fraction of sp³-hybridized carbons (Fsp3) is 0.500. The van der Waals surface area contributed by atoms with E-state index in [1.807, 2.05) is 13.8 Å². The number of hydrogen-bond acceptors (Lipinski definition) is 4. The van der Waals surface area contributed by atoms with Gasteiger partial charge in [-0.25, -0.2) is 18.1 Å². The minimum Gasteiger partial charge on any atom is -0.343 e. The summed E-state index contributed by atoms with van der Waals surface area (Å²) in [5, 5.41) is -0.0879. The molecule has 20 heavy (non-hydrogen) atoms. The fourth-order valence-electron chi connectivity index (χ4n) is 1.68. The molecule has 0 aliphatic carbocycles. The van der Waals surface area contributed by atoms with Gasteiger partial charge in [0, 0.05) is 32.3 Å². The van der Waals surface area contributed by atoms with E-state index in [1.54, 1.807) is 4.90 Å². The number of sulfonamides is 1. The van der Waals surface area contributed by atoms with E-state index in [2.05, 4.69) is 9.71 Å². The van der Waals surface area contributed by atoms with Crippen molar-refractivity contribution in [1.82, 2.24) is 14.6 Å². The second kappa shape index (κ2) is 7.56. The first-order valence-corrected chi connectivity index (χ1v) is 8.16. The lowest BCUT2D eigenvalue weighted by molar-refractivity contribution is -0.130. The molecule has 1 aromatic heterocycles. The van der Waals surface area contributed by atoms with Gasteiger partial charge in [-0.3, -0.25) is 4.79 Å². The first kappa shape index (κ1) is 16.9. The SMILES string of the molecule is CCN(CC)C(=O)CCNS(=O)(=O)c1cccnc1Cl. The van der Waals surface area contributed by atoms with Crippen LogP contribution in [-0.4, -0.2) is 43.8 Å². The molecule has 1 heterocycles. The number of carbonyl (C=O) groups is 1. The monoisotopic (exact) mass is 319 g/mol. The van der Waals surface area contributed by atoms with Crippen molar-refractivity contribution in [2.45, 2.75) is 25.2 Å². The van der Waals surface area contributed by atoms with Gasteiger partial charge < -0.3 is 4.90 Å². The highest BCUT2D eigenvalue weighted by molar-refractivity contribution is 7.89. The number of carbonyl (C=O) groups excluding carboxylic acids is 1. The molecular formula is C12H18ClN3O3S. The van der Waals surface area contributed by atoms with E-state index in [-0.39, 0.29) is 28.9 Å². The smallest absolute Gasteiger partial charge is 0.243 e. The van der Waals surface area contributed by atoms with E-state index in [4.69, 9.17) is 11.6 Å². The van der Waals surface area contributed by atoms with Crippen molar-refractivity contribution in [3.63, 3.8) is 0 Å². The van der Waals surface area contributed by atoms with Crippen molar-refractivity contribution >= 4 is 27.5 Å². The van der Waals surface area contributed by atoms with Crippen molar-refractivity contribution in [2.24, 2.45) is 0 Å². The molecule has 0 spiro atoms. The molecular weight excluding hydrogens is 302 g/mol. The lowest BCUT2D eigenvalue weighted by Gasteiger charge is -2.18. The summed E-state index contributed by atoms with van der Waals surface area (Å²) in [5.74, 6) is -0.0880. The Morgan fingerprint density at radius 3 is 2.60 bits per heavy atom. The van der Waals surface area contributed by atoms with E-state index in [0.29, 0.717) is 13.1 Å². The number of aromatic nitrogens is 1. The molecule has 0 fully saturated rings. The minimum absolute atomic E-state index is 0.0306. The van der Waals surface area contributed by atoms with Crippen LogP contribution in [0.3, 0.4) is 0 Å². The quantitative estimate of drug-likeness (QED) is 0.768. The summed E-state index contributed by atoms with van der Waals surface area (Å²) >= 11 is 5.74. The highest BCUT2D eigenvalue weighted by Gasteiger charge is 2.18. The number of nitrogens with one attached hydrogen (secondary N) is 1. The van der Waals surface area contributed by atoms with Crippen molar-refractivity contribution in [3.8, 4) is 0 Å². The Bertz CT molecular complexity index is 559. The molecule has 0 saturated heterocycles. The molecule has 1 N–H and O–H groups in total. The molecule has 0 atom stereocenters. The molecule has 0 aromatic carbocycles. The summed E-state index contributed by atoms with van der Waals surface area (Å²) in [6, 6.07) is 2.85. The van der Waals surface area contributed by atoms with Gasteiger partial charge in [0.1, 0.15) is 10.0 Å². The molecule has 0 aliphatic rings. The predicted molar refractivity (Wildman–Crippen MR) is 77.0 cm³/mol. The topological polar surface area (TPSA) is 79.4 Å². The summed E-state index contributed by atoms with van der Waals surface area (Å²) in [5.41, 5.74) is 0. The van der Waals surface area contributed by atoms with Gasteiger partial charge in [-0.1, -0.05) is 11.6 Å². The zero-order valence-electron chi connectivity index (χ0n) is 11.5.